The Kier molecular flexibility index (Phi) is 6.92. The first kappa shape index (κ1) is 23.0. The fraction of sp³-hybridized carbons (Fsp3) is 0.312. The zero-order valence-electron chi connectivity index (χ0n) is 15.6. The highest BCUT2D eigenvalue weighted by atomic mass is 32.2. The Morgan fingerprint density at radius 2 is 1.80 bits per heavy atom. The number of hydrogen-bond donors (Lipinski definition) is 1. The van der Waals surface area contributed by atoms with E-state index in [0.29, 0.717) is 6.07 Å². The first-order valence-electron chi connectivity index (χ1n) is 8.12. The Labute approximate surface area is 168 Å². The lowest BCUT2D eigenvalue weighted by Crippen LogP contribution is -2.22. The monoisotopic (exact) mass is 448 g/mol. The van der Waals surface area contributed by atoms with Crippen LogP contribution >= 0.6 is 0 Å². The van der Waals surface area contributed by atoms with Gasteiger partial charge in [0.25, 0.3) is 0 Å². The van der Waals surface area contributed by atoms with E-state index >= 15 is 0 Å². The Morgan fingerprint density at radius 1 is 1.13 bits per heavy atom. The van der Waals surface area contributed by atoms with Gasteiger partial charge in [-0.15, -0.1) is 0 Å². The van der Waals surface area contributed by atoms with Gasteiger partial charge < -0.3 is 9.47 Å². The molecule has 2 aromatic heterocycles. The molecule has 0 aliphatic rings. The fourth-order valence-corrected chi connectivity index (χ4v) is 3.28. The molecule has 0 saturated carbocycles. The minimum Gasteiger partial charge on any atom is -0.464 e. The van der Waals surface area contributed by atoms with Gasteiger partial charge in [0.15, 0.2) is 11.5 Å². The number of carbonyl (C=O) groups is 2. The zero-order valence-corrected chi connectivity index (χ0v) is 16.4. The molecule has 0 radical (unpaired) electrons. The van der Waals surface area contributed by atoms with Gasteiger partial charge in [-0.3, -0.25) is 4.72 Å². The first-order chi connectivity index (χ1) is 14.0. The van der Waals surface area contributed by atoms with Crippen molar-refractivity contribution in [3.8, 4) is 0 Å². The summed E-state index contributed by atoms with van der Waals surface area (Å²) in [6, 6.07) is 1.31. The van der Waals surface area contributed by atoms with Crippen molar-refractivity contribution < 1.29 is 40.7 Å². The molecule has 0 fully saturated rings. The standard InChI is InChI=1S/C16H15F3N4O6S/c1-3-29-14(24)9-4-5-11(16(17,18)19)22-10(9)8-30(26,27)23-13-12(15(25)28-2)20-6-7-21-13/h4-7H,3,8H2,1-2H3,(H,21,23). The van der Waals surface area contributed by atoms with Crippen LogP contribution in [0.3, 0.4) is 0 Å². The first-order valence-corrected chi connectivity index (χ1v) is 9.77. The molecule has 0 saturated heterocycles. The van der Waals surface area contributed by atoms with Gasteiger partial charge in [-0.05, 0) is 19.1 Å². The van der Waals surface area contributed by atoms with Crippen LogP contribution in [0.25, 0.3) is 0 Å². The van der Waals surface area contributed by atoms with Crippen LogP contribution in [0.15, 0.2) is 24.5 Å². The number of rotatable bonds is 7. The Morgan fingerprint density at radius 3 is 2.40 bits per heavy atom. The molecule has 0 atom stereocenters. The highest BCUT2D eigenvalue weighted by Gasteiger charge is 2.34. The second-order valence-electron chi connectivity index (χ2n) is 5.52. The lowest BCUT2D eigenvalue weighted by Gasteiger charge is -2.13. The normalized spacial score (nSPS) is 11.6. The van der Waals surface area contributed by atoms with Gasteiger partial charge in [0, 0.05) is 12.4 Å². The summed E-state index contributed by atoms with van der Waals surface area (Å²) in [5.41, 5.74) is -3.01. The number of anilines is 1. The van der Waals surface area contributed by atoms with E-state index in [2.05, 4.69) is 19.7 Å². The van der Waals surface area contributed by atoms with Gasteiger partial charge >= 0.3 is 18.1 Å². The average molecular weight is 448 g/mol. The number of ether oxygens (including phenoxy) is 2. The smallest absolute Gasteiger partial charge is 0.433 e. The molecule has 0 spiro atoms. The van der Waals surface area contributed by atoms with E-state index < -0.39 is 62.4 Å². The van der Waals surface area contributed by atoms with Crippen molar-refractivity contribution in [2.75, 3.05) is 18.4 Å². The number of sulfonamides is 1. The van der Waals surface area contributed by atoms with Crippen molar-refractivity contribution in [2.45, 2.75) is 18.9 Å². The molecular weight excluding hydrogens is 433 g/mol. The molecule has 2 aromatic rings. The minimum atomic E-state index is -4.87. The van der Waals surface area contributed by atoms with Gasteiger partial charge in [0.1, 0.15) is 11.4 Å². The minimum absolute atomic E-state index is 0.0909. The number of alkyl halides is 3. The van der Waals surface area contributed by atoms with Crippen molar-refractivity contribution in [3.63, 3.8) is 0 Å². The van der Waals surface area contributed by atoms with E-state index in [0.717, 1.165) is 25.6 Å². The molecular formula is C16H15F3N4O6S. The molecule has 162 valence electrons. The molecule has 14 heteroatoms. The average Bonchev–Trinajstić information content (AvgIpc) is 2.66. The number of esters is 2. The van der Waals surface area contributed by atoms with E-state index in [1.54, 1.807) is 0 Å². The van der Waals surface area contributed by atoms with Crippen LogP contribution < -0.4 is 4.72 Å². The highest BCUT2D eigenvalue weighted by molar-refractivity contribution is 7.91. The van der Waals surface area contributed by atoms with Crippen LogP contribution in [-0.4, -0.2) is 49.0 Å². The molecule has 0 aromatic carbocycles. The van der Waals surface area contributed by atoms with Crippen LogP contribution in [0.5, 0.6) is 0 Å². The predicted molar refractivity (Wildman–Crippen MR) is 94.8 cm³/mol. The Balaban J connectivity index is 2.44. The summed E-state index contributed by atoms with van der Waals surface area (Å²) in [6.07, 6.45) is -2.68. The Hall–Kier alpha value is -3.29. The number of pyridine rings is 1. The summed E-state index contributed by atoms with van der Waals surface area (Å²) in [5, 5.41) is 0. The van der Waals surface area contributed by atoms with E-state index in [-0.39, 0.29) is 6.61 Å². The highest BCUT2D eigenvalue weighted by Crippen LogP contribution is 2.29. The topological polar surface area (TPSA) is 137 Å². The van der Waals surface area contributed by atoms with E-state index in [9.17, 15) is 31.2 Å². The largest absolute Gasteiger partial charge is 0.464 e. The van der Waals surface area contributed by atoms with Crippen LogP contribution in [0.1, 0.15) is 39.2 Å². The maximum Gasteiger partial charge on any atom is 0.433 e. The van der Waals surface area contributed by atoms with Crippen LogP contribution in [0, 0.1) is 0 Å². The molecule has 10 nitrogen and oxygen atoms in total. The SMILES string of the molecule is CCOC(=O)c1ccc(C(F)(F)F)nc1CS(=O)(=O)Nc1nccnc1C(=O)OC. The van der Waals surface area contributed by atoms with Crippen molar-refractivity contribution >= 4 is 27.8 Å². The number of halogens is 3. The molecule has 2 rings (SSSR count). The van der Waals surface area contributed by atoms with Crippen LogP contribution in [-0.2, 0) is 31.4 Å². The number of aromatic nitrogens is 3. The number of nitrogens with one attached hydrogen (secondary N) is 1. The molecule has 2 heterocycles. The molecule has 30 heavy (non-hydrogen) atoms. The van der Waals surface area contributed by atoms with Gasteiger partial charge in [0.05, 0.1) is 25.0 Å². The summed E-state index contributed by atoms with van der Waals surface area (Å²) < 4.78 is 75.2. The number of nitrogens with zero attached hydrogens (tertiary/aromatic N) is 3. The number of hydrogen-bond acceptors (Lipinski definition) is 9. The van der Waals surface area contributed by atoms with E-state index in [1.807, 2.05) is 4.72 Å². The second kappa shape index (κ2) is 9.02. The maximum atomic E-state index is 13.0. The summed E-state index contributed by atoms with van der Waals surface area (Å²) in [7, 11) is -3.45. The third kappa shape index (κ3) is 5.62. The lowest BCUT2D eigenvalue weighted by atomic mass is 10.2. The third-order valence-electron chi connectivity index (χ3n) is 3.42. The summed E-state index contributed by atoms with van der Waals surface area (Å²) >= 11 is 0. The van der Waals surface area contributed by atoms with Gasteiger partial charge in [-0.25, -0.2) is 33.0 Å². The number of carbonyl (C=O) groups excluding carboxylic acids is 2. The second-order valence-corrected chi connectivity index (χ2v) is 7.24. The summed E-state index contributed by atoms with van der Waals surface area (Å²) in [6.45, 7) is 1.38. The predicted octanol–water partition coefficient (Wildman–Crippen LogP) is 1.80. The van der Waals surface area contributed by atoms with Gasteiger partial charge in [-0.1, -0.05) is 0 Å². The molecule has 0 amide bonds. The summed E-state index contributed by atoms with van der Waals surface area (Å²) in [5.74, 6) is -3.68. The zero-order chi connectivity index (χ0) is 22.5. The quantitative estimate of drug-likeness (QED) is 0.628. The Bertz CT molecular complexity index is 1060. The molecule has 0 aliphatic heterocycles. The molecule has 0 aliphatic carbocycles. The number of methoxy groups -OCH3 is 1. The lowest BCUT2D eigenvalue weighted by molar-refractivity contribution is -0.141. The van der Waals surface area contributed by atoms with Gasteiger partial charge in [0.2, 0.25) is 10.0 Å². The van der Waals surface area contributed by atoms with Crippen molar-refractivity contribution in [2.24, 2.45) is 0 Å². The molecule has 1 N–H and O–H groups in total. The van der Waals surface area contributed by atoms with Crippen molar-refractivity contribution in [1.82, 2.24) is 15.0 Å². The molecule has 0 unspecified atom stereocenters. The fourth-order valence-electron chi connectivity index (χ4n) is 2.19. The third-order valence-corrected chi connectivity index (χ3v) is 4.57. The van der Waals surface area contributed by atoms with Crippen molar-refractivity contribution in [3.05, 3.63) is 47.2 Å². The maximum absolute atomic E-state index is 13.0. The van der Waals surface area contributed by atoms with E-state index in [1.165, 1.54) is 6.92 Å². The van der Waals surface area contributed by atoms with Crippen molar-refractivity contribution in [1.29, 1.82) is 0 Å². The van der Waals surface area contributed by atoms with Gasteiger partial charge in [-0.2, -0.15) is 13.2 Å². The van der Waals surface area contributed by atoms with E-state index in [4.69, 9.17) is 4.74 Å². The van der Waals surface area contributed by atoms with Crippen LogP contribution in [0.4, 0.5) is 19.0 Å². The summed E-state index contributed by atoms with van der Waals surface area (Å²) in [4.78, 5) is 34.3. The van der Waals surface area contributed by atoms with Crippen LogP contribution in [0.2, 0.25) is 0 Å². The molecule has 0 bridgehead atoms.